The van der Waals surface area contributed by atoms with Crippen molar-refractivity contribution in [3.05, 3.63) is 24.8 Å². The van der Waals surface area contributed by atoms with Gasteiger partial charge in [0.05, 0.1) is 23.5 Å². The molecular weight excluding hydrogens is 922 g/mol. The molecule has 0 spiro atoms. The summed E-state index contributed by atoms with van der Waals surface area (Å²) in [7, 11) is 0. The van der Waals surface area contributed by atoms with E-state index in [0.29, 0.717) is 26.5 Å². The van der Waals surface area contributed by atoms with Gasteiger partial charge in [-0.25, -0.2) is 0 Å². The molecule has 2 aromatic heterocycles. The van der Waals surface area contributed by atoms with E-state index in [0.717, 1.165) is 11.1 Å². The number of halogens is 6. The Bertz CT molecular complexity index is 297. The summed E-state index contributed by atoms with van der Waals surface area (Å²) < 4.78 is 0. The van der Waals surface area contributed by atoms with Crippen LogP contribution in [0.4, 0.5) is 0 Å². The standard InChI is InChI=1S/C6H6N4.2I3.2H2O/c1-5(2-8-7-1)6-3-9-10-4-6;2*1-3-2;;/h1-4H,(H,7,8)(H,9,10);;;2*1H2/q;2*-1;;/p+2. The van der Waals surface area contributed by atoms with Crippen LogP contribution in [0.15, 0.2) is 24.8 Å². The van der Waals surface area contributed by atoms with E-state index in [1.165, 1.54) is 0 Å². The molecule has 2 rings (SSSR count). The zero-order valence-electron chi connectivity index (χ0n) is 8.58. The van der Waals surface area contributed by atoms with Crippen molar-refractivity contribution in [2.24, 2.45) is 0 Å². The molecule has 0 amide bonds. The third-order valence-electron chi connectivity index (χ3n) is 1.41. The van der Waals surface area contributed by atoms with Crippen LogP contribution in [0.3, 0.4) is 0 Å². The van der Waals surface area contributed by atoms with E-state index in [2.05, 4.69) is 94.9 Å². The largest absolute Gasteiger partial charge is 0.412 e. The fraction of sp³-hybridized carbons (Fsp3) is 0. The van der Waals surface area contributed by atoms with Gasteiger partial charge in [-0.15, -0.1) is 10.2 Å². The van der Waals surface area contributed by atoms with Gasteiger partial charge in [-0.05, 0) is 0 Å². The first-order chi connectivity index (χ1) is 7.79. The van der Waals surface area contributed by atoms with Gasteiger partial charge >= 0.3 is 101 Å². The zero-order valence-corrected chi connectivity index (χ0v) is 21.5. The zero-order chi connectivity index (χ0) is 12.2. The third-order valence-corrected chi connectivity index (χ3v) is 1.41. The molecule has 0 aliphatic heterocycles. The van der Waals surface area contributed by atoms with Crippen molar-refractivity contribution in [2.75, 3.05) is 0 Å². The van der Waals surface area contributed by atoms with Gasteiger partial charge in [0.2, 0.25) is 12.4 Å². The van der Waals surface area contributed by atoms with Gasteiger partial charge in [-0.2, -0.15) is 10.2 Å². The number of rotatable bonds is 1. The van der Waals surface area contributed by atoms with Crippen molar-refractivity contribution in [1.29, 1.82) is 0 Å². The second-order valence-corrected chi connectivity index (χ2v) is 34.7. The molecule has 0 saturated heterocycles. The Labute approximate surface area is 164 Å². The van der Waals surface area contributed by atoms with Gasteiger partial charge in [0.15, 0.2) is 0 Å². The summed E-state index contributed by atoms with van der Waals surface area (Å²) in [6, 6.07) is 0. The predicted molar refractivity (Wildman–Crippen MR) is 97.0 cm³/mol. The summed E-state index contributed by atoms with van der Waals surface area (Å²) in [5.74, 6) is 0. The van der Waals surface area contributed by atoms with Crippen LogP contribution in [0.25, 0.3) is 11.1 Å². The summed E-state index contributed by atoms with van der Waals surface area (Å²) in [6.45, 7) is 0. The monoisotopic (exact) mass is 934 g/mol. The second kappa shape index (κ2) is 19.7. The van der Waals surface area contributed by atoms with E-state index >= 15 is 0 Å². The number of nitrogens with one attached hydrogen (secondary N) is 4. The molecule has 0 saturated carbocycles. The average molecular weight is 934 g/mol. The summed E-state index contributed by atoms with van der Waals surface area (Å²) in [5.41, 5.74) is 2.27. The van der Waals surface area contributed by atoms with Gasteiger partial charge in [-0.3, -0.25) is 0 Å². The van der Waals surface area contributed by atoms with Crippen LogP contribution in [0.1, 0.15) is 0 Å². The molecule has 110 valence electrons. The Kier molecular flexibility index (Phi) is 28.1. The van der Waals surface area contributed by atoms with Crippen LogP contribution in [0, 0.1) is 0 Å². The molecule has 0 radical (unpaired) electrons. The Morgan fingerprint density at radius 1 is 0.778 bits per heavy atom. The molecule has 0 aromatic carbocycles. The molecular formula is C6H12I6N4O2. The van der Waals surface area contributed by atoms with Crippen LogP contribution in [0.2, 0.25) is 0 Å². The molecule has 2 aromatic rings. The van der Waals surface area contributed by atoms with Crippen LogP contribution in [-0.2, 0) is 0 Å². The fourth-order valence-corrected chi connectivity index (χ4v) is 0.894. The van der Waals surface area contributed by atoms with E-state index < -0.39 is 0 Å². The molecule has 0 fully saturated rings. The van der Waals surface area contributed by atoms with Crippen LogP contribution >= 0.6 is 74.5 Å². The van der Waals surface area contributed by atoms with E-state index in [9.17, 15) is 0 Å². The quantitative estimate of drug-likeness (QED) is 0.269. The Morgan fingerprint density at radius 2 is 1.06 bits per heavy atom. The number of hydrogen-bond donors (Lipinski definition) is 2. The number of aromatic nitrogens is 4. The normalized spacial score (nSPS) is 8.00. The van der Waals surface area contributed by atoms with Gasteiger partial charge in [0, 0.05) is 0 Å². The van der Waals surface area contributed by atoms with Crippen LogP contribution in [-0.4, -0.2) is 21.1 Å². The van der Waals surface area contributed by atoms with Crippen LogP contribution < -0.4 is 36.7 Å². The van der Waals surface area contributed by atoms with Crippen molar-refractivity contribution < 1.29 is 47.7 Å². The summed E-state index contributed by atoms with van der Waals surface area (Å²) in [4.78, 5) is 0. The first-order valence-electron chi connectivity index (χ1n) is 3.63. The minimum Gasteiger partial charge on any atom is -0.412 e. The summed E-state index contributed by atoms with van der Waals surface area (Å²) in [5, 5.41) is 11.5. The molecule has 12 heteroatoms. The minimum absolute atomic E-state index is 0. The maximum atomic E-state index is 2.87. The molecule has 8 N–H and O–H groups in total. The first kappa shape index (κ1) is 25.7. The SMILES string of the molecule is I[I-]I.I[I-]I.O.O.c1[nH][nH+]cc1-c1c[nH][nH+]c1. The van der Waals surface area contributed by atoms with Crippen molar-refractivity contribution in [3.8, 4) is 11.1 Å². The Morgan fingerprint density at radius 3 is 1.22 bits per heavy atom. The van der Waals surface area contributed by atoms with Crippen molar-refractivity contribution >= 4 is 74.5 Å². The topological polar surface area (TPSA) is 123 Å². The number of H-pyrrole nitrogens is 4. The first-order valence-corrected chi connectivity index (χ1v) is 28.8. The third kappa shape index (κ3) is 13.7. The molecule has 0 aliphatic carbocycles. The van der Waals surface area contributed by atoms with Gasteiger partial charge in [0.25, 0.3) is 0 Å². The number of hydrogen-bond acceptors (Lipinski definition) is 0. The van der Waals surface area contributed by atoms with E-state index in [1.54, 1.807) is 0 Å². The molecule has 0 aliphatic rings. The number of aromatic amines is 4. The van der Waals surface area contributed by atoms with E-state index in [-0.39, 0.29) is 11.0 Å². The summed E-state index contributed by atoms with van der Waals surface area (Å²) in [6.07, 6.45) is 7.60. The van der Waals surface area contributed by atoms with E-state index in [4.69, 9.17) is 0 Å². The second-order valence-electron chi connectivity index (χ2n) is 2.17. The Hall–Kier alpha value is 2.72. The molecule has 6 nitrogen and oxygen atoms in total. The van der Waals surface area contributed by atoms with Gasteiger partial charge < -0.3 is 11.0 Å². The predicted octanol–water partition coefficient (Wildman–Crippen LogP) is -4.46. The van der Waals surface area contributed by atoms with Crippen LogP contribution in [0.5, 0.6) is 0 Å². The van der Waals surface area contributed by atoms with E-state index in [1.807, 2.05) is 24.8 Å². The molecule has 0 bridgehead atoms. The fourth-order valence-electron chi connectivity index (χ4n) is 0.894. The molecule has 0 unspecified atom stereocenters. The molecule has 0 atom stereocenters. The Balaban J connectivity index is -0.000000246. The summed E-state index contributed by atoms with van der Waals surface area (Å²) >= 11 is 10.6. The van der Waals surface area contributed by atoms with Crippen molar-refractivity contribution in [1.82, 2.24) is 10.2 Å². The van der Waals surface area contributed by atoms with Gasteiger partial charge in [-0.1, -0.05) is 0 Å². The van der Waals surface area contributed by atoms with Crippen molar-refractivity contribution in [3.63, 3.8) is 0 Å². The van der Waals surface area contributed by atoms with Crippen molar-refractivity contribution in [2.45, 2.75) is 0 Å². The average Bonchev–Trinajstić information content (AvgIpc) is 2.93. The minimum atomic E-state index is 0. The maximum absolute atomic E-state index is 2.87. The molecule has 18 heavy (non-hydrogen) atoms. The maximum Gasteiger partial charge on any atom is 0.200 e. The van der Waals surface area contributed by atoms with Gasteiger partial charge in [0.1, 0.15) is 0 Å². The molecule has 2 heterocycles. The smallest absolute Gasteiger partial charge is 0.200 e.